The molecule has 192 valence electrons. The summed E-state index contributed by atoms with van der Waals surface area (Å²) < 4.78 is 0. The quantitative estimate of drug-likeness (QED) is 0.185. The lowest BCUT2D eigenvalue weighted by molar-refractivity contribution is 1.09. The van der Waals surface area contributed by atoms with Gasteiger partial charge in [0.25, 0.3) is 0 Å². The number of allylic oxidation sites excluding steroid dienone is 3. The Morgan fingerprint density at radius 3 is 1.89 bits per heavy atom. The third-order valence-electron chi connectivity index (χ3n) is 7.79. The highest BCUT2D eigenvalue weighted by Gasteiger charge is 2.19. The Balaban J connectivity index is 1.36. The Kier molecular flexibility index (Phi) is 8.72. The molecule has 38 heavy (non-hydrogen) atoms. The highest BCUT2D eigenvalue weighted by atomic mass is 31.1. The molecule has 0 nitrogen and oxygen atoms in total. The van der Waals surface area contributed by atoms with Crippen molar-refractivity contribution >= 4 is 19.1 Å². The standard InChI is InChI=1S/C37H39P/c1-4-30-15-17-34(18-16-30)35-24-29(3)37-28(2)23-33(25-36(37)26-35)27-38(21-19-31-11-7-5-8-12-31)22-20-32-13-9-6-10-14-32/h5-18,23-25H,3-4,19-22,26-27H2,1-2H3. The molecule has 0 atom stereocenters. The minimum atomic E-state index is -0.119. The number of hydrogen-bond donors (Lipinski definition) is 0. The summed E-state index contributed by atoms with van der Waals surface area (Å²) in [5.74, 6) is 0. The molecule has 0 saturated carbocycles. The van der Waals surface area contributed by atoms with Gasteiger partial charge in [-0.2, -0.15) is 0 Å². The van der Waals surface area contributed by atoms with Gasteiger partial charge in [0.15, 0.2) is 0 Å². The lowest BCUT2D eigenvalue weighted by atomic mass is 9.82. The fourth-order valence-electron chi connectivity index (χ4n) is 5.70. The van der Waals surface area contributed by atoms with Crippen LogP contribution in [0.2, 0.25) is 0 Å². The van der Waals surface area contributed by atoms with Crippen molar-refractivity contribution in [2.45, 2.75) is 45.7 Å². The fourth-order valence-corrected chi connectivity index (χ4v) is 8.09. The predicted octanol–water partition coefficient (Wildman–Crippen LogP) is 9.68. The summed E-state index contributed by atoms with van der Waals surface area (Å²) >= 11 is 0. The molecule has 0 spiro atoms. The summed E-state index contributed by atoms with van der Waals surface area (Å²) in [5, 5.41) is 0. The Labute approximate surface area is 230 Å². The van der Waals surface area contributed by atoms with Crippen LogP contribution in [-0.2, 0) is 31.8 Å². The van der Waals surface area contributed by atoms with Crippen molar-refractivity contribution in [2.75, 3.05) is 12.3 Å². The molecule has 0 saturated heterocycles. The van der Waals surface area contributed by atoms with E-state index in [-0.39, 0.29) is 7.92 Å². The maximum Gasteiger partial charge on any atom is -0.00133 e. The Morgan fingerprint density at radius 2 is 1.32 bits per heavy atom. The molecule has 0 aliphatic heterocycles. The zero-order chi connectivity index (χ0) is 26.3. The average molecular weight is 515 g/mol. The first-order valence-corrected chi connectivity index (χ1v) is 15.9. The zero-order valence-corrected chi connectivity index (χ0v) is 23.8. The van der Waals surface area contributed by atoms with Crippen molar-refractivity contribution in [3.05, 3.63) is 154 Å². The highest BCUT2D eigenvalue weighted by molar-refractivity contribution is 7.56. The monoisotopic (exact) mass is 514 g/mol. The van der Waals surface area contributed by atoms with Crippen LogP contribution >= 0.6 is 7.92 Å². The van der Waals surface area contributed by atoms with E-state index in [9.17, 15) is 0 Å². The van der Waals surface area contributed by atoms with E-state index in [1.165, 1.54) is 81.4 Å². The van der Waals surface area contributed by atoms with Gasteiger partial charge in [-0.25, -0.2) is 0 Å². The molecule has 1 aliphatic carbocycles. The van der Waals surface area contributed by atoms with Crippen molar-refractivity contribution in [1.29, 1.82) is 0 Å². The van der Waals surface area contributed by atoms with Crippen LogP contribution < -0.4 is 0 Å². The first-order chi connectivity index (χ1) is 18.6. The lowest BCUT2D eigenvalue weighted by Crippen LogP contribution is -2.06. The van der Waals surface area contributed by atoms with E-state index in [2.05, 4.69) is 124 Å². The largest absolute Gasteiger partial charge is 0.102 e. The average Bonchev–Trinajstić information content (AvgIpc) is 2.95. The Morgan fingerprint density at radius 1 is 0.711 bits per heavy atom. The van der Waals surface area contributed by atoms with Gasteiger partial charge in [0.2, 0.25) is 0 Å². The molecule has 0 radical (unpaired) electrons. The van der Waals surface area contributed by atoms with E-state index in [1.807, 2.05) is 0 Å². The van der Waals surface area contributed by atoms with E-state index in [0.717, 1.165) is 18.4 Å². The van der Waals surface area contributed by atoms with Gasteiger partial charge in [0.05, 0.1) is 0 Å². The normalized spacial score (nSPS) is 12.9. The van der Waals surface area contributed by atoms with Crippen LogP contribution in [-0.4, -0.2) is 12.3 Å². The highest BCUT2D eigenvalue weighted by Crippen LogP contribution is 2.43. The summed E-state index contributed by atoms with van der Waals surface area (Å²) in [6.45, 7) is 8.96. The molecule has 0 amide bonds. The number of rotatable bonds is 10. The summed E-state index contributed by atoms with van der Waals surface area (Å²) in [6.07, 6.45) is 10.5. The van der Waals surface area contributed by atoms with Crippen molar-refractivity contribution < 1.29 is 0 Å². The summed E-state index contributed by atoms with van der Waals surface area (Å²) in [6, 6.07) is 36.1. The van der Waals surface area contributed by atoms with Crippen LogP contribution in [0, 0.1) is 6.92 Å². The number of benzene rings is 4. The van der Waals surface area contributed by atoms with Crippen molar-refractivity contribution in [3.8, 4) is 0 Å². The van der Waals surface area contributed by atoms with E-state index < -0.39 is 0 Å². The summed E-state index contributed by atoms with van der Waals surface area (Å²) in [4.78, 5) is 0. The van der Waals surface area contributed by atoms with E-state index in [0.29, 0.717) is 0 Å². The number of fused-ring (bicyclic) bond motifs is 1. The molecule has 1 heteroatoms. The molecule has 5 rings (SSSR count). The third-order valence-corrected chi connectivity index (χ3v) is 10.3. The van der Waals surface area contributed by atoms with Crippen LogP contribution in [0.5, 0.6) is 0 Å². The molecule has 0 heterocycles. The second-order valence-corrected chi connectivity index (χ2v) is 13.2. The van der Waals surface area contributed by atoms with Crippen LogP contribution in [0.3, 0.4) is 0 Å². The minimum absolute atomic E-state index is 0.119. The Hall–Kier alpha value is -3.21. The first-order valence-electron chi connectivity index (χ1n) is 14.0. The second kappa shape index (κ2) is 12.6. The SMILES string of the molecule is C=C1C=C(c2ccc(CC)cc2)Cc2cc(CP(CCc3ccccc3)CCc3ccccc3)cc(C)c21. The van der Waals surface area contributed by atoms with Crippen molar-refractivity contribution in [3.63, 3.8) is 0 Å². The van der Waals surface area contributed by atoms with Gasteiger partial charge in [-0.1, -0.05) is 117 Å². The van der Waals surface area contributed by atoms with Crippen LogP contribution in [0.15, 0.2) is 110 Å². The molecule has 0 aromatic heterocycles. The van der Waals surface area contributed by atoms with Gasteiger partial charge >= 0.3 is 0 Å². The van der Waals surface area contributed by atoms with Crippen LogP contribution in [0.4, 0.5) is 0 Å². The van der Waals surface area contributed by atoms with Crippen LogP contribution in [0.25, 0.3) is 11.1 Å². The lowest BCUT2D eigenvalue weighted by Gasteiger charge is -2.24. The molecule has 0 N–H and O–H groups in total. The zero-order valence-electron chi connectivity index (χ0n) is 22.9. The van der Waals surface area contributed by atoms with E-state index in [4.69, 9.17) is 0 Å². The minimum Gasteiger partial charge on any atom is -0.102 e. The third kappa shape index (κ3) is 6.61. The van der Waals surface area contributed by atoms with Crippen LogP contribution in [0.1, 0.15) is 51.4 Å². The molecule has 4 aromatic carbocycles. The molecular formula is C37H39P. The topological polar surface area (TPSA) is 0 Å². The molecule has 0 bridgehead atoms. The molecular weight excluding hydrogens is 475 g/mol. The van der Waals surface area contributed by atoms with E-state index in [1.54, 1.807) is 0 Å². The second-order valence-electron chi connectivity index (χ2n) is 10.6. The van der Waals surface area contributed by atoms with Gasteiger partial charge < -0.3 is 0 Å². The molecule has 1 aliphatic rings. The predicted molar refractivity (Wildman–Crippen MR) is 168 cm³/mol. The maximum absolute atomic E-state index is 4.47. The van der Waals surface area contributed by atoms with Gasteiger partial charge in [0.1, 0.15) is 0 Å². The summed E-state index contributed by atoms with van der Waals surface area (Å²) in [7, 11) is -0.119. The van der Waals surface area contributed by atoms with Crippen molar-refractivity contribution in [1.82, 2.24) is 0 Å². The molecule has 4 aromatic rings. The van der Waals surface area contributed by atoms with Gasteiger partial charge in [0, 0.05) is 0 Å². The smallest absolute Gasteiger partial charge is 0.00133 e. The van der Waals surface area contributed by atoms with Gasteiger partial charge in [-0.3, -0.25) is 0 Å². The fraction of sp³-hybridized carbons (Fsp3) is 0.243. The number of hydrogen-bond acceptors (Lipinski definition) is 0. The molecule has 0 unspecified atom stereocenters. The van der Waals surface area contributed by atoms with Crippen molar-refractivity contribution in [2.24, 2.45) is 0 Å². The maximum atomic E-state index is 4.47. The molecule has 0 fully saturated rings. The first kappa shape index (κ1) is 26.4. The number of aryl methyl sites for hydroxylation is 4. The summed E-state index contributed by atoms with van der Waals surface area (Å²) in [5.41, 5.74) is 13.9. The van der Waals surface area contributed by atoms with Gasteiger partial charge in [-0.05, 0) is 107 Å². The van der Waals surface area contributed by atoms with E-state index >= 15 is 0 Å². The van der Waals surface area contributed by atoms with Gasteiger partial charge in [-0.15, -0.1) is 7.92 Å². The Bertz CT molecular complexity index is 1350.